The number of hydrogen-bond donors (Lipinski definition) is 1. The van der Waals surface area contributed by atoms with Crippen molar-refractivity contribution in [3.05, 3.63) is 16.4 Å². The van der Waals surface area contributed by atoms with Gasteiger partial charge in [-0.3, -0.25) is 4.68 Å². The van der Waals surface area contributed by atoms with Gasteiger partial charge in [-0.15, -0.1) is 0 Å². The van der Waals surface area contributed by atoms with Gasteiger partial charge in [0.05, 0.1) is 22.8 Å². The highest BCUT2D eigenvalue weighted by Gasteiger charge is 2.02. The number of aryl methyl sites for hydroxylation is 1. The predicted octanol–water partition coefficient (Wildman–Crippen LogP) is 1.33. The molecule has 0 spiro atoms. The minimum Gasteiger partial charge on any atom is -0.391 e. The first-order chi connectivity index (χ1) is 5.09. The maximum Gasteiger partial charge on any atom is 0.0735 e. The second-order valence-electron chi connectivity index (χ2n) is 2.63. The smallest absolute Gasteiger partial charge is 0.0735 e. The largest absolute Gasteiger partial charge is 0.391 e. The Morgan fingerprint density at radius 3 is 2.82 bits per heavy atom. The molecule has 0 amide bonds. The Kier molecular flexibility index (Phi) is 2.67. The molecule has 0 aliphatic rings. The van der Waals surface area contributed by atoms with Crippen LogP contribution in [0.1, 0.15) is 12.6 Å². The molecule has 0 aliphatic carbocycles. The van der Waals surface area contributed by atoms with Crippen molar-refractivity contribution in [2.75, 3.05) is 0 Å². The number of aromatic nitrogens is 2. The normalized spacial score (nSPS) is 13.5. The molecule has 0 aromatic carbocycles. The molecule has 1 aromatic rings. The molecular weight excluding hydrogens is 208 g/mol. The van der Waals surface area contributed by atoms with Gasteiger partial charge in [0, 0.05) is 6.20 Å². The molecule has 0 saturated carbocycles. The Morgan fingerprint density at radius 1 is 1.82 bits per heavy atom. The SMILES string of the molecule is Cc1nn(CC(C)O)cc1Br. The Balaban J connectivity index is 2.73. The van der Waals surface area contributed by atoms with Crippen molar-refractivity contribution in [3.8, 4) is 0 Å². The summed E-state index contributed by atoms with van der Waals surface area (Å²) < 4.78 is 2.71. The topological polar surface area (TPSA) is 38.0 Å². The summed E-state index contributed by atoms with van der Waals surface area (Å²) in [5.74, 6) is 0. The van der Waals surface area contributed by atoms with Gasteiger partial charge in [0.2, 0.25) is 0 Å². The molecule has 0 radical (unpaired) electrons. The van der Waals surface area contributed by atoms with Crippen molar-refractivity contribution in [3.63, 3.8) is 0 Å². The van der Waals surface area contributed by atoms with E-state index in [-0.39, 0.29) is 6.10 Å². The van der Waals surface area contributed by atoms with Gasteiger partial charge in [-0.05, 0) is 29.8 Å². The molecule has 1 heterocycles. The van der Waals surface area contributed by atoms with Crippen LogP contribution in [0.4, 0.5) is 0 Å². The Hall–Kier alpha value is -0.350. The summed E-state index contributed by atoms with van der Waals surface area (Å²) in [6.45, 7) is 4.21. The van der Waals surface area contributed by atoms with Gasteiger partial charge < -0.3 is 5.11 Å². The van der Waals surface area contributed by atoms with Gasteiger partial charge in [0.1, 0.15) is 0 Å². The lowest BCUT2D eigenvalue weighted by molar-refractivity contribution is 0.168. The molecule has 0 fully saturated rings. The number of halogens is 1. The van der Waals surface area contributed by atoms with E-state index in [0.29, 0.717) is 6.54 Å². The van der Waals surface area contributed by atoms with Crippen molar-refractivity contribution >= 4 is 15.9 Å². The van der Waals surface area contributed by atoms with Crippen molar-refractivity contribution in [1.82, 2.24) is 9.78 Å². The van der Waals surface area contributed by atoms with E-state index in [1.807, 2.05) is 13.1 Å². The molecule has 0 saturated heterocycles. The molecule has 1 rings (SSSR count). The minimum absolute atomic E-state index is 0.346. The van der Waals surface area contributed by atoms with Crippen LogP contribution < -0.4 is 0 Å². The lowest BCUT2D eigenvalue weighted by atomic mass is 10.4. The van der Waals surface area contributed by atoms with E-state index < -0.39 is 0 Å². The van der Waals surface area contributed by atoms with E-state index in [2.05, 4.69) is 21.0 Å². The molecule has 1 atom stereocenters. The van der Waals surface area contributed by atoms with Crippen molar-refractivity contribution in [2.45, 2.75) is 26.5 Å². The van der Waals surface area contributed by atoms with Crippen LogP contribution in [-0.4, -0.2) is 21.0 Å². The fourth-order valence-corrected chi connectivity index (χ4v) is 1.17. The van der Waals surface area contributed by atoms with Gasteiger partial charge in [-0.1, -0.05) is 0 Å². The number of hydrogen-bond acceptors (Lipinski definition) is 2. The number of aliphatic hydroxyl groups excluding tert-OH is 1. The van der Waals surface area contributed by atoms with Crippen molar-refractivity contribution in [1.29, 1.82) is 0 Å². The Bertz CT molecular complexity index is 225. The molecule has 3 nitrogen and oxygen atoms in total. The quantitative estimate of drug-likeness (QED) is 0.814. The second kappa shape index (κ2) is 3.36. The molecule has 0 bridgehead atoms. The fourth-order valence-electron chi connectivity index (χ4n) is 0.858. The van der Waals surface area contributed by atoms with Crippen molar-refractivity contribution < 1.29 is 5.11 Å². The van der Waals surface area contributed by atoms with Crippen LogP contribution in [0.2, 0.25) is 0 Å². The standard InChI is InChI=1S/C7H11BrN2O/c1-5(11)3-10-4-7(8)6(2)9-10/h4-5,11H,3H2,1-2H3. The lowest BCUT2D eigenvalue weighted by Gasteiger charge is -2.02. The average Bonchev–Trinajstić information content (AvgIpc) is 2.10. The fraction of sp³-hybridized carbons (Fsp3) is 0.571. The monoisotopic (exact) mass is 218 g/mol. The number of aliphatic hydroxyl groups is 1. The minimum atomic E-state index is -0.346. The molecule has 62 valence electrons. The maximum atomic E-state index is 9.03. The first-order valence-electron chi connectivity index (χ1n) is 3.47. The third-order valence-corrected chi connectivity index (χ3v) is 2.12. The molecule has 0 aliphatic heterocycles. The molecule has 1 N–H and O–H groups in total. The number of nitrogens with zero attached hydrogens (tertiary/aromatic N) is 2. The van der Waals surface area contributed by atoms with E-state index in [1.165, 1.54) is 0 Å². The summed E-state index contributed by atoms with van der Waals surface area (Å²) in [6.07, 6.45) is 1.52. The van der Waals surface area contributed by atoms with E-state index in [4.69, 9.17) is 5.11 Å². The van der Waals surface area contributed by atoms with Gasteiger partial charge in [0.15, 0.2) is 0 Å². The highest BCUT2D eigenvalue weighted by atomic mass is 79.9. The van der Waals surface area contributed by atoms with Crippen LogP contribution in [0.3, 0.4) is 0 Å². The molecule has 1 aromatic heterocycles. The van der Waals surface area contributed by atoms with Crippen LogP contribution >= 0.6 is 15.9 Å². The van der Waals surface area contributed by atoms with Crippen LogP contribution in [0.5, 0.6) is 0 Å². The first-order valence-corrected chi connectivity index (χ1v) is 4.26. The van der Waals surface area contributed by atoms with Crippen LogP contribution in [0.25, 0.3) is 0 Å². The van der Waals surface area contributed by atoms with Crippen LogP contribution in [0.15, 0.2) is 10.7 Å². The van der Waals surface area contributed by atoms with Crippen molar-refractivity contribution in [2.24, 2.45) is 0 Å². The molecular formula is C7H11BrN2O. The van der Waals surface area contributed by atoms with E-state index in [0.717, 1.165) is 10.2 Å². The van der Waals surface area contributed by atoms with E-state index in [9.17, 15) is 0 Å². The Labute approximate surface area is 74.2 Å². The Morgan fingerprint density at radius 2 is 2.45 bits per heavy atom. The third kappa shape index (κ3) is 2.31. The van der Waals surface area contributed by atoms with E-state index in [1.54, 1.807) is 11.6 Å². The molecule has 11 heavy (non-hydrogen) atoms. The zero-order valence-corrected chi connectivity index (χ0v) is 8.17. The zero-order chi connectivity index (χ0) is 8.43. The van der Waals surface area contributed by atoms with Gasteiger partial charge in [-0.2, -0.15) is 5.10 Å². The summed E-state index contributed by atoms with van der Waals surface area (Å²) in [6, 6.07) is 0. The lowest BCUT2D eigenvalue weighted by Crippen LogP contribution is -2.11. The number of rotatable bonds is 2. The molecule has 1 unspecified atom stereocenters. The summed E-state index contributed by atoms with van der Waals surface area (Å²) in [4.78, 5) is 0. The summed E-state index contributed by atoms with van der Waals surface area (Å²) in [5.41, 5.74) is 0.950. The van der Waals surface area contributed by atoms with Crippen LogP contribution in [-0.2, 0) is 6.54 Å². The van der Waals surface area contributed by atoms with Crippen LogP contribution in [0, 0.1) is 6.92 Å². The second-order valence-corrected chi connectivity index (χ2v) is 3.49. The zero-order valence-electron chi connectivity index (χ0n) is 6.58. The summed E-state index contributed by atoms with van der Waals surface area (Å²) in [7, 11) is 0. The van der Waals surface area contributed by atoms with E-state index >= 15 is 0 Å². The summed E-state index contributed by atoms with van der Waals surface area (Å²) in [5, 5.41) is 13.2. The van der Waals surface area contributed by atoms with Gasteiger partial charge >= 0.3 is 0 Å². The highest BCUT2D eigenvalue weighted by molar-refractivity contribution is 9.10. The maximum absolute atomic E-state index is 9.03. The molecule has 4 heteroatoms. The third-order valence-electron chi connectivity index (χ3n) is 1.34. The first kappa shape index (κ1) is 8.74. The summed E-state index contributed by atoms with van der Waals surface area (Å²) >= 11 is 3.34. The van der Waals surface area contributed by atoms with Gasteiger partial charge in [0.25, 0.3) is 0 Å². The predicted molar refractivity (Wildman–Crippen MR) is 46.3 cm³/mol. The van der Waals surface area contributed by atoms with Gasteiger partial charge in [-0.25, -0.2) is 0 Å². The highest BCUT2D eigenvalue weighted by Crippen LogP contribution is 2.13. The average molecular weight is 219 g/mol.